The number of hydrogen-bond donors (Lipinski definition) is 1. The Morgan fingerprint density at radius 1 is 1.22 bits per heavy atom. The van der Waals surface area contributed by atoms with Crippen molar-refractivity contribution < 1.29 is 8.42 Å². The molecule has 1 fully saturated rings. The van der Waals surface area contributed by atoms with E-state index in [4.69, 9.17) is 0 Å². The van der Waals surface area contributed by atoms with E-state index < -0.39 is 9.84 Å². The summed E-state index contributed by atoms with van der Waals surface area (Å²) in [7, 11) is -2.74. The summed E-state index contributed by atoms with van der Waals surface area (Å²) in [5.74, 6) is 0.685. The summed E-state index contributed by atoms with van der Waals surface area (Å²) >= 11 is 0. The second-order valence-corrected chi connectivity index (χ2v) is 7.36. The van der Waals surface area contributed by atoms with Gasteiger partial charge in [0.05, 0.1) is 11.5 Å². The fourth-order valence-electron chi connectivity index (χ4n) is 2.40. The number of benzene rings is 1. The van der Waals surface area contributed by atoms with Gasteiger partial charge in [0.25, 0.3) is 0 Å². The van der Waals surface area contributed by atoms with Gasteiger partial charge in [-0.2, -0.15) is 0 Å². The fraction of sp³-hybridized carbons (Fsp3) is 0.571. The highest BCUT2D eigenvalue weighted by Gasteiger charge is 2.22. The van der Waals surface area contributed by atoms with Crippen molar-refractivity contribution in [2.45, 2.75) is 32.2 Å². The van der Waals surface area contributed by atoms with E-state index in [9.17, 15) is 8.42 Å². The van der Waals surface area contributed by atoms with Crippen molar-refractivity contribution in [3.05, 3.63) is 35.4 Å². The van der Waals surface area contributed by atoms with Crippen LogP contribution in [0.1, 0.15) is 24.0 Å². The Labute approximate surface area is 110 Å². The molecule has 1 aliphatic heterocycles. The molecule has 0 aromatic heterocycles. The molecule has 0 amide bonds. The molecular weight excluding hydrogens is 246 g/mol. The van der Waals surface area contributed by atoms with Crippen molar-refractivity contribution >= 4 is 9.84 Å². The van der Waals surface area contributed by atoms with E-state index in [-0.39, 0.29) is 0 Å². The highest BCUT2D eigenvalue weighted by atomic mass is 32.2. The molecule has 4 heteroatoms. The summed E-state index contributed by atoms with van der Waals surface area (Å²) in [5, 5.41) is 3.47. The van der Waals surface area contributed by atoms with Crippen molar-refractivity contribution in [1.29, 1.82) is 0 Å². The molecule has 100 valence electrons. The van der Waals surface area contributed by atoms with Crippen LogP contribution in [0, 0.1) is 6.92 Å². The minimum absolute atomic E-state index is 0.342. The van der Waals surface area contributed by atoms with E-state index in [0.29, 0.717) is 17.5 Å². The average molecular weight is 267 g/mol. The van der Waals surface area contributed by atoms with Crippen LogP contribution in [-0.2, 0) is 16.3 Å². The van der Waals surface area contributed by atoms with Crippen LogP contribution in [0.5, 0.6) is 0 Å². The lowest BCUT2D eigenvalue weighted by molar-refractivity contribution is 0.466. The van der Waals surface area contributed by atoms with E-state index in [0.717, 1.165) is 25.8 Å². The second-order valence-electron chi connectivity index (χ2n) is 5.06. The fourth-order valence-corrected chi connectivity index (χ4v) is 3.89. The van der Waals surface area contributed by atoms with E-state index >= 15 is 0 Å². The van der Waals surface area contributed by atoms with E-state index in [1.807, 2.05) is 0 Å². The molecule has 0 atom stereocenters. The van der Waals surface area contributed by atoms with Crippen molar-refractivity contribution in [2.75, 3.05) is 18.1 Å². The van der Waals surface area contributed by atoms with Gasteiger partial charge in [-0.25, -0.2) is 8.42 Å². The molecule has 1 saturated heterocycles. The Morgan fingerprint density at radius 3 is 2.56 bits per heavy atom. The number of hydrogen-bond acceptors (Lipinski definition) is 3. The predicted octanol–water partition coefficient (Wildman–Crippen LogP) is 1.70. The Kier molecular flexibility index (Phi) is 4.40. The zero-order chi connectivity index (χ0) is 13.0. The first-order chi connectivity index (χ1) is 8.57. The van der Waals surface area contributed by atoms with Crippen LogP contribution in [-0.4, -0.2) is 32.5 Å². The Hall–Kier alpha value is -0.870. The normalized spacial score (nSPS) is 19.8. The first-order valence-electron chi connectivity index (χ1n) is 6.55. The summed E-state index contributed by atoms with van der Waals surface area (Å²) in [5.41, 5.74) is 2.69. The van der Waals surface area contributed by atoms with Gasteiger partial charge >= 0.3 is 0 Å². The molecule has 1 N–H and O–H groups in total. The van der Waals surface area contributed by atoms with Gasteiger partial charge in [-0.05, 0) is 43.9 Å². The maximum Gasteiger partial charge on any atom is 0.150 e. The summed E-state index contributed by atoms with van der Waals surface area (Å²) in [6.07, 6.45) is 2.53. The van der Waals surface area contributed by atoms with Gasteiger partial charge in [0.15, 0.2) is 0 Å². The van der Waals surface area contributed by atoms with Crippen LogP contribution in [0.4, 0.5) is 0 Å². The third kappa shape index (κ3) is 3.82. The minimum Gasteiger partial charge on any atom is -0.314 e. The van der Waals surface area contributed by atoms with E-state index in [1.165, 1.54) is 11.1 Å². The molecule has 1 aliphatic rings. The zero-order valence-corrected chi connectivity index (χ0v) is 11.7. The molecule has 1 aromatic carbocycles. The van der Waals surface area contributed by atoms with Crippen LogP contribution in [0.2, 0.25) is 0 Å². The second kappa shape index (κ2) is 5.85. The topological polar surface area (TPSA) is 46.2 Å². The molecule has 1 aromatic rings. The quantitative estimate of drug-likeness (QED) is 0.903. The van der Waals surface area contributed by atoms with Crippen molar-refractivity contribution in [3.8, 4) is 0 Å². The number of sulfone groups is 1. The Bertz CT molecular complexity index is 482. The van der Waals surface area contributed by atoms with Crippen molar-refractivity contribution in [1.82, 2.24) is 5.32 Å². The highest BCUT2D eigenvalue weighted by molar-refractivity contribution is 7.91. The summed E-state index contributed by atoms with van der Waals surface area (Å²) in [6.45, 7) is 3.05. The van der Waals surface area contributed by atoms with Gasteiger partial charge in [-0.1, -0.05) is 24.3 Å². The van der Waals surface area contributed by atoms with Gasteiger partial charge in [0, 0.05) is 6.04 Å². The molecule has 18 heavy (non-hydrogen) atoms. The predicted molar refractivity (Wildman–Crippen MR) is 74.6 cm³/mol. The maximum atomic E-state index is 11.3. The molecule has 2 rings (SSSR count). The van der Waals surface area contributed by atoms with Gasteiger partial charge in [0.2, 0.25) is 0 Å². The monoisotopic (exact) mass is 267 g/mol. The Balaban J connectivity index is 1.75. The Morgan fingerprint density at radius 2 is 1.89 bits per heavy atom. The molecule has 1 heterocycles. The largest absolute Gasteiger partial charge is 0.314 e. The van der Waals surface area contributed by atoms with E-state index in [1.54, 1.807) is 0 Å². The average Bonchev–Trinajstić information content (AvgIpc) is 2.34. The van der Waals surface area contributed by atoms with Gasteiger partial charge < -0.3 is 5.32 Å². The van der Waals surface area contributed by atoms with E-state index in [2.05, 4.69) is 36.5 Å². The lowest BCUT2D eigenvalue weighted by Crippen LogP contribution is -2.38. The van der Waals surface area contributed by atoms with Crippen molar-refractivity contribution in [2.24, 2.45) is 0 Å². The van der Waals surface area contributed by atoms with Crippen LogP contribution in [0.25, 0.3) is 0 Å². The summed E-state index contributed by atoms with van der Waals surface area (Å²) in [4.78, 5) is 0. The SMILES string of the molecule is Cc1ccccc1CCNC1CCS(=O)(=O)CC1. The third-order valence-electron chi connectivity index (χ3n) is 3.64. The molecule has 0 unspecified atom stereocenters. The van der Waals surface area contributed by atoms with Crippen LogP contribution >= 0.6 is 0 Å². The standard InChI is InChI=1S/C14H21NO2S/c1-12-4-2-3-5-13(12)6-9-15-14-7-10-18(16,17)11-8-14/h2-5,14-15H,6-11H2,1H3. The summed E-state index contributed by atoms with van der Waals surface area (Å²) < 4.78 is 22.6. The molecule has 0 aliphatic carbocycles. The smallest absolute Gasteiger partial charge is 0.150 e. The zero-order valence-electron chi connectivity index (χ0n) is 10.9. The molecule has 0 spiro atoms. The van der Waals surface area contributed by atoms with Gasteiger partial charge in [0.1, 0.15) is 9.84 Å². The maximum absolute atomic E-state index is 11.3. The number of aryl methyl sites for hydroxylation is 1. The lowest BCUT2D eigenvalue weighted by Gasteiger charge is -2.23. The summed E-state index contributed by atoms with van der Waals surface area (Å²) in [6, 6.07) is 8.77. The van der Waals surface area contributed by atoms with Gasteiger partial charge in [-0.3, -0.25) is 0 Å². The van der Waals surface area contributed by atoms with Crippen molar-refractivity contribution in [3.63, 3.8) is 0 Å². The molecule has 3 nitrogen and oxygen atoms in total. The molecule has 0 saturated carbocycles. The van der Waals surface area contributed by atoms with Crippen LogP contribution in [0.3, 0.4) is 0 Å². The first kappa shape index (κ1) is 13.6. The molecular formula is C14H21NO2S. The lowest BCUT2D eigenvalue weighted by atomic mass is 10.1. The highest BCUT2D eigenvalue weighted by Crippen LogP contribution is 2.12. The van der Waals surface area contributed by atoms with Crippen LogP contribution < -0.4 is 5.32 Å². The number of nitrogens with one attached hydrogen (secondary N) is 1. The van der Waals surface area contributed by atoms with Gasteiger partial charge in [-0.15, -0.1) is 0 Å². The molecule has 0 radical (unpaired) electrons. The third-order valence-corrected chi connectivity index (χ3v) is 5.36. The minimum atomic E-state index is -2.74. The van der Waals surface area contributed by atoms with Crippen LogP contribution in [0.15, 0.2) is 24.3 Å². The number of rotatable bonds is 4. The first-order valence-corrected chi connectivity index (χ1v) is 8.37. The molecule has 0 bridgehead atoms.